The van der Waals surface area contributed by atoms with Gasteiger partial charge in [0.25, 0.3) is 0 Å². The Labute approximate surface area is 192 Å². The number of rotatable bonds is 8. The predicted octanol–water partition coefficient (Wildman–Crippen LogP) is 4.28. The van der Waals surface area contributed by atoms with E-state index in [1.165, 1.54) is 17.8 Å². The maximum absolute atomic E-state index is 12.6. The predicted molar refractivity (Wildman–Crippen MR) is 123 cm³/mol. The van der Waals surface area contributed by atoms with Crippen LogP contribution >= 0.6 is 35.6 Å². The first-order valence-corrected chi connectivity index (χ1v) is 9.48. The lowest BCUT2D eigenvalue weighted by atomic mass is 10.1. The summed E-state index contributed by atoms with van der Waals surface area (Å²) in [7, 11) is 3.59. The zero-order valence-corrected chi connectivity index (χ0v) is 20.0. The molecule has 0 saturated carbocycles. The molecule has 1 aromatic heterocycles. The number of alkyl halides is 2. The zero-order valence-electron chi connectivity index (χ0n) is 16.9. The number of halogens is 4. The fraction of sp³-hybridized carbons (Fsp3) is 0.474. The lowest BCUT2D eigenvalue weighted by Gasteiger charge is -2.15. The van der Waals surface area contributed by atoms with Gasteiger partial charge in [-0.25, -0.2) is 0 Å². The van der Waals surface area contributed by atoms with Gasteiger partial charge in [0.2, 0.25) is 0 Å². The molecule has 0 aliphatic heterocycles. The van der Waals surface area contributed by atoms with E-state index >= 15 is 0 Å². The average molecular weight is 542 g/mol. The summed E-state index contributed by atoms with van der Waals surface area (Å²) in [6, 6.07) is 4.53. The van der Waals surface area contributed by atoms with E-state index in [0.29, 0.717) is 23.1 Å². The SMILES string of the molecule is CCc1nn(C)c(CC)c1CNC(=NC)NCc1cc(Cl)ccc1OC(F)F.I. The maximum Gasteiger partial charge on any atom is 0.387 e. The fourth-order valence-electron chi connectivity index (χ4n) is 3.06. The molecule has 2 N–H and O–H groups in total. The number of aromatic nitrogens is 2. The molecular formula is C19H27ClF2IN5O. The Balaban J connectivity index is 0.00000420. The summed E-state index contributed by atoms with van der Waals surface area (Å²) in [5.74, 6) is 0.618. The highest BCUT2D eigenvalue weighted by molar-refractivity contribution is 14.0. The molecule has 6 nitrogen and oxygen atoms in total. The maximum atomic E-state index is 12.6. The van der Waals surface area contributed by atoms with E-state index in [1.807, 2.05) is 11.7 Å². The van der Waals surface area contributed by atoms with E-state index in [1.54, 1.807) is 13.1 Å². The van der Waals surface area contributed by atoms with Crippen molar-refractivity contribution >= 4 is 41.5 Å². The highest BCUT2D eigenvalue weighted by Crippen LogP contribution is 2.24. The second-order valence-corrected chi connectivity index (χ2v) is 6.55. The van der Waals surface area contributed by atoms with Crippen molar-refractivity contribution < 1.29 is 13.5 Å². The molecule has 1 aromatic carbocycles. The average Bonchev–Trinajstić information content (AvgIpc) is 2.98. The molecule has 0 fully saturated rings. The molecule has 0 aliphatic carbocycles. The molecule has 0 saturated heterocycles. The Morgan fingerprint density at radius 3 is 2.52 bits per heavy atom. The van der Waals surface area contributed by atoms with E-state index in [-0.39, 0.29) is 36.3 Å². The van der Waals surface area contributed by atoms with Crippen LogP contribution in [0.1, 0.15) is 36.4 Å². The van der Waals surface area contributed by atoms with Gasteiger partial charge in [0, 0.05) is 49.0 Å². The summed E-state index contributed by atoms with van der Waals surface area (Å²) in [5, 5.41) is 11.4. The Morgan fingerprint density at radius 2 is 1.93 bits per heavy atom. The highest BCUT2D eigenvalue weighted by atomic mass is 127. The molecule has 0 atom stereocenters. The lowest BCUT2D eigenvalue weighted by molar-refractivity contribution is -0.0504. The number of nitrogens with one attached hydrogen (secondary N) is 2. The van der Waals surface area contributed by atoms with Gasteiger partial charge >= 0.3 is 6.61 Å². The van der Waals surface area contributed by atoms with Crippen molar-refractivity contribution in [1.29, 1.82) is 0 Å². The van der Waals surface area contributed by atoms with Crippen molar-refractivity contribution in [3.63, 3.8) is 0 Å². The van der Waals surface area contributed by atoms with Crippen LogP contribution in [0.2, 0.25) is 5.02 Å². The van der Waals surface area contributed by atoms with Crippen LogP contribution in [0.3, 0.4) is 0 Å². The molecule has 10 heteroatoms. The lowest BCUT2D eigenvalue weighted by Crippen LogP contribution is -2.36. The molecule has 29 heavy (non-hydrogen) atoms. The second kappa shape index (κ2) is 12.2. The Morgan fingerprint density at radius 1 is 1.24 bits per heavy atom. The molecule has 0 bridgehead atoms. The van der Waals surface area contributed by atoms with E-state index < -0.39 is 6.61 Å². The monoisotopic (exact) mass is 541 g/mol. The van der Waals surface area contributed by atoms with Crippen LogP contribution in [0.15, 0.2) is 23.2 Å². The Kier molecular flexibility index (Phi) is 10.7. The first-order chi connectivity index (χ1) is 13.4. The van der Waals surface area contributed by atoms with Crippen molar-refractivity contribution in [3.05, 3.63) is 45.7 Å². The van der Waals surface area contributed by atoms with Crippen molar-refractivity contribution in [2.75, 3.05) is 7.05 Å². The molecule has 1 heterocycles. The smallest absolute Gasteiger partial charge is 0.387 e. The number of hydrogen-bond acceptors (Lipinski definition) is 3. The molecule has 162 valence electrons. The van der Waals surface area contributed by atoms with Gasteiger partial charge in [-0.15, -0.1) is 24.0 Å². The zero-order chi connectivity index (χ0) is 20.7. The van der Waals surface area contributed by atoms with Crippen LogP contribution in [0.4, 0.5) is 8.78 Å². The summed E-state index contributed by atoms with van der Waals surface area (Å²) in [6.07, 6.45) is 1.72. The quantitative estimate of drug-likeness (QED) is 0.298. The molecule has 0 spiro atoms. The van der Waals surface area contributed by atoms with Gasteiger partial charge in [0.1, 0.15) is 5.75 Å². The summed E-state index contributed by atoms with van der Waals surface area (Å²) >= 11 is 5.99. The standard InChI is InChI=1S/C19H26ClF2N5O.HI/c1-5-15-14(16(6-2)27(4)26-15)11-25-19(23-3)24-10-12-9-13(20)7-8-17(12)28-18(21)22;/h7-9,18H,5-6,10-11H2,1-4H3,(H2,23,24,25);1H. The van der Waals surface area contributed by atoms with Crippen molar-refractivity contribution in [2.24, 2.45) is 12.0 Å². The number of aliphatic imine (C=N–C) groups is 1. The van der Waals surface area contributed by atoms with Gasteiger partial charge in [-0.05, 0) is 31.0 Å². The number of guanidine groups is 1. The van der Waals surface area contributed by atoms with Crippen LogP contribution in [-0.4, -0.2) is 29.4 Å². The minimum Gasteiger partial charge on any atom is -0.434 e. The molecule has 0 unspecified atom stereocenters. The third-order valence-corrected chi connectivity index (χ3v) is 4.60. The number of aryl methyl sites for hydroxylation is 2. The van der Waals surface area contributed by atoms with Gasteiger partial charge in [0.05, 0.1) is 5.69 Å². The fourth-order valence-corrected chi connectivity index (χ4v) is 3.26. The summed E-state index contributed by atoms with van der Waals surface area (Å²) in [4.78, 5) is 4.19. The van der Waals surface area contributed by atoms with Gasteiger partial charge in [-0.1, -0.05) is 25.4 Å². The van der Waals surface area contributed by atoms with Gasteiger partial charge in [-0.2, -0.15) is 13.9 Å². The van der Waals surface area contributed by atoms with Crippen LogP contribution in [0.25, 0.3) is 0 Å². The number of ether oxygens (including phenoxy) is 1. The molecule has 2 aromatic rings. The molecule has 2 rings (SSSR count). The van der Waals surface area contributed by atoms with Crippen molar-refractivity contribution in [2.45, 2.75) is 46.4 Å². The highest BCUT2D eigenvalue weighted by Gasteiger charge is 2.14. The van der Waals surface area contributed by atoms with E-state index in [4.69, 9.17) is 11.6 Å². The first-order valence-electron chi connectivity index (χ1n) is 9.10. The van der Waals surface area contributed by atoms with Gasteiger partial charge < -0.3 is 15.4 Å². The first kappa shape index (κ1) is 25.4. The largest absolute Gasteiger partial charge is 0.434 e. The molecule has 0 amide bonds. The Bertz CT molecular complexity index is 829. The van der Waals surface area contributed by atoms with Gasteiger partial charge in [0.15, 0.2) is 5.96 Å². The Hall–Kier alpha value is -1.62. The van der Waals surface area contributed by atoms with E-state index in [0.717, 1.165) is 24.1 Å². The van der Waals surface area contributed by atoms with Crippen LogP contribution < -0.4 is 15.4 Å². The van der Waals surface area contributed by atoms with Gasteiger partial charge in [-0.3, -0.25) is 9.67 Å². The number of hydrogen-bond donors (Lipinski definition) is 2. The molecule has 0 radical (unpaired) electrons. The van der Waals surface area contributed by atoms with E-state index in [9.17, 15) is 8.78 Å². The van der Waals surface area contributed by atoms with Crippen molar-refractivity contribution in [3.8, 4) is 5.75 Å². The molecule has 0 aliphatic rings. The summed E-state index contributed by atoms with van der Waals surface area (Å²) in [5.41, 5.74) is 3.88. The molecular weight excluding hydrogens is 515 g/mol. The van der Waals surface area contributed by atoms with E-state index in [2.05, 4.69) is 39.3 Å². The van der Waals surface area contributed by atoms with Crippen LogP contribution in [0, 0.1) is 0 Å². The number of nitrogens with zero attached hydrogens (tertiary/aromatic N) is 3. The third kappa shape index (κ3) is 6.98. The minimum absolute atomic E-state index is 0. The summed E-state index contributed by atoms with van der Waals surface area (Å²) < 4.78 is 31.7. The van der Waals surface area contributed by atoms with Crippen molar-refractivity contribution in [1.82, 2.24) is 20.4 Å². The second-order valence-electron chi connectivity index (χ2n) is 6.11. The summed E-state index contributed by atoms with van der Waals surface area (Å²) in [6.45, 7) is 2.06. The minimum atomic E-state index is -2.90. The normalized spacial score (nSPS) is 11.4. The number of benzene rings is 1. The van der Waals surface area contributed by atoms with Crippen LogP contribution in [0.5, 0.6) is 5.75 Å². The van der Waals surface area contributed by atoms with Crippen LogP contribution in [-0.2, 0) is 33.0 Å². The third-order valence-electron chi connectivity index (χ3n) is 4.37. The topological polar surface area (TPSA) is 63.5 Å².